The van der Waals surface area contributed by atoms with E-state index in [1.807, 2.05) is 0 Å². The zero-order chi connectivity index (χ0) is 10.2. The number of nitrogens with zero attached hydrogens (tertiary/aromatic N) is 1. The van der Waals surface area contributed by atoms with E-state index >= 15 is 0 Å². The van der Waals surface area contributed by atoms with E-state index in [0.717, 1.165) is 12.2 Å². The third-order valence-electron chi connectivity index (χ3n) is 2.81. The summed E-state index contributed by atoms with van der Waals surface area (Å²) in [5, 5.41) is 3.85. The van der Waals surface area contributed by atoms with Gasteiger partial charge in [-0.3, -0.25) is 0 Å². The van der Waals surface area contributed by atoms with Gasteiger partial charge in [-0.1, -0.05) is 18.5 Å². The Balaban J connectivity index is 2.20. The monoisotopic (exact) mass is 211 g/mol. The smallest absolute Gasteiger partial charge is 0.151 e. The van der Waals surface area contributed by atoms with Crippen LogP contribution in [0.1, 0.15) is 26.2 Å². The van der Waals surface area contributed by atoms with Gasteiger partial charge in [0.1, 0.15) is 5.15 Å². The van der Waals surface area contributed by atoms with E-state index in [0.29, 0.717) is 10.8 Å². The van der Waals surface area contributed by atoms with Gasteiger partial charge in [-0.25, -0.2) is 4.98 Å². The van der Waals surface area contributed by atoms with Crippen molar-refractivity contribution >= 4 is 23.1 Å². The van der Waals surface area contributed by atoms with Crippen molar-refractivity contribution < 1.29 is 0 Å². The molecule has 14 heavy (non-hydrogen) atoms. The molecule has 3 nitrogen and oxygen atoms in total. The number of nitrogens with one attached hydrogen (secondary N) is 1. The Morgan fingerprint density at radius 2 is 2.29 bits per heavy atom. The SMILES string of the molecule is CCC1(Nc2nc(Cl)ccc2N)CC1. The van der Waals surface area contributed by atoms with Crippen LogP contribution in [0.4, 0.5) is 11.5 Å². The molecule has 0 bridgehead atoms. The molecule has 0 radical (unpaired) electrons. The largest absolute Gasteiger partial charge is 0.396 e. The first-order valence-electron chi connectivity index (χ1n) is 4.85. The average Bonchev–Trinajstić information content (AvgIpc) is 2.92. The van der Waals surface area contributed by atoms with Crippen molar-refractivity contribution in [1.29, 1.82) is 0 Å². The van der Waals surface area contributed by atoms with Crippen LogP contribution in [-0.2, 0) is 0 Å². The Morgan fingerprint density at radius 3 is 2.86 bits per heavy atom. The molecule has 1 aromatic rings. The van der Waals surface area contributed by atoms with Crippen LogP contribution in [0.5, 0.6) is 0 Å². The normalized spacial score (nSPS) is 17.9. The van der Waals surface area contributed by atoms with Crippen LogP contribution in [0.25, 0.3) is 0 Å². The lowest BCUT2D eigenvalue weighted by Gasteiger charge is -2.17. The molecule has 1 aliphatic carbocycles. The predicted octanol–water partition coefficient (Wildman–Crippen LogP) is 2.67. The summed E-state index contributed by atoms with van der Waals surface area (Å²) in [6.45, 7) is 2.17. The van der Waals surface area contributed by atoms with Crippen molar-refractivity contribution in [2.75, 3.05) is 11.1 Å². The summed E-state index contributed by atoms with van der Waals surface area (Å²) in [6, 6.07) is 3.48. The summed E-state index contributed by atoms with van der Waals surface area (Å²) >= 11 is 5.80. The second kappa shape index (κ2) is 3.31. The molecule has 4 heteroatoms. The van der Waals surface area contributed by atoms with Crippen molar-refractivity contribution in [2.45, 2.75) is 31.7 Å². The van der Waals surface area contributed by atoms with E-state index in [-0.39, 0.29) is 5.54 Å². The third-order valence-corrected chi connectivity index (χ3v) is 3.02. The summed E-state index contributed by atoms with van der Waals surface area (Å²) in [4.78, 5) is 4.18. The molecule has 1 fully saturated rings. The lowest BCUT2D eigenvalue weighted by atomic mass is 10.2. The van der Waals surface area contributed by atoms with Crippen LogP contribution in [0.2, 0.25) is 5.15 Å². The summed E-state index contributed by atoms with van der Waals surface area (Å²) < 4.78 is 0. The van der Waals surface area contributed by atoms with Gasteiger partial charge in [0.05, 0.1) is 5.69 Å². The molecule has 0 spiro atoms. The fourth-order valence-electron chi connectivity index (χ4n) is 1.52. The highest BCUT2D eigenvalue weighted by Crippen LogP contribution is 2.42. The fourth-order valence-corrected chi connectivity index (χ4v) is 1.66. The number of anilines is 2. The van der Waals surface area contributed by atoms with Gasteiger partial charge < -0.3 is 11.1 Å². The van der Waals surface area contributed by atoms with Crippen molar-refractivity contribution in [2.24, 2.45) is 0 Å². The molecule has 76 valence electrons. The number of hydrogen-bond donors (Lipinski definition) is 2. The molecule has 0 atom stereocenters. The number of pyridine rings is 1. The summed E-state index contributed by atoms with van der Waals surface area (Å²) in [5.74, 6) is 0.719. The number of halogens is 1. The quantitative estimate of drug-likeness (QED) is 0.756. The lowest BCUT2D eigenvalue weighted by molar-refractivity contribution is 0.698. The number of rotatable bonds is 3. The van der Waals surface area contributed by atoms with Crippen molar-refractivity contribution in [3.05, 3.63) is 17.3 Å². The van der Waals surface area contributed by atoms with Gasteiger partial charge in [0, 0.05) is 5.54 Å². The molecule has 0 aliphatic heterocycles. The maximum Gasteiger partial charge on any atom is 0.151 e. The van der Waals surface area contributed by atoms with Gasteiger partial charge >= 0.3 is 0 Å². The molecule has 0 amide bonds. The minimum absolute atomic E-state index is 0.228. The van der Waals surface area contributed by atoms with E-state index in [1.54, 1.807) is 12.1 Å². The van der Waals surface area contributed by atoms with Gasteiger partial charge in [-0.15, -0.1) is 0 Å². The molecule has 1 heterocycles. The average molecular weight is 212 g/mol. The topological polar surface area (TPSA) is 50.9 Å². The predicted molar refractivity (Wildman–Crippen MR) is 59.5 cm³/mol. The van der Waals surface area contributed by atoms with Gasteiger partial charge in [0.2, 0.25) is 0 Å². The minimum atomic E-state index is 0.228. The molecule has 0 saturated heterocycles. The number of nitrogens with two attached hydrogens (primary N) is 1. The summed E-state index contributed by atoms with van der Waals surface area (Å²) in [5.41, 5.74) is 6.68. The highest BCUT2D eigenvalue weighted by atomic mass is 35.5. The van der Waals surface area contributed by atoms with Gasteiger partial charge in [-0.2, -0.15) is 0 Å². The Kier molecular flexibility index (Phi) is 2.27. The first kappa shape index (κ1) is 9.59. The molecule has 1 aromatic heterocycles. The van der Waals surface area contributed by atoms with Crippen molar-refractivity contribution in [1.82, 2.24) is 4.98 Å². The molecule has 0 aromatic carbocycles. The Bertz CT molecular complexity index is 347. The fraction of sp³-hybridized carbons (Fsp3) is 0.500. The van der Waals surface area contributed by atoms with E-state index in [2.05, 4.69) is 17.2 Å². The van der Waals surface area contributed by atoms with E-state index < -0.39 is 0 Å². The maximum atomic E-state index is 5.80. The van der Waals surface area contributed by atoms with E-state index in [4.69, 9.17) is 17.3 Å². The second-order valence-electron chi connectivity index (χ2n) is 3.83. The van der Waals surface area contributed by atoms with Crippen LogP contribution >= 0.6 is 11.6 Å². The third kappa shape index (κ3) is 1.77. The molecular formula is C10H14ClN3. The highest BCUT2D eigenvalue weighted by Gasteiger charge is 2.41. The van der Waals surface area contributed by atoms with Gasteiger partial charge in [-0.05, 0) is 31.4 Å². The van der Waals surface area contributed by atoms with Crippen LogP contribution in [0.15, 0.2) is 12.1 Å². The zero-order valence-electron chi connectivity index (χ0n) is 8.18. The minimum Gasteiger partial charge on any atom is -0.396 e. The van der Waals surface area contributed by atoms with Gasteiger partial charge in [0.25, 0.3) is 0 Å². The lowest BCUT2D eigenvalue weighted by Crippen LogP contribution is -2.21. The zero-order valence-corrected chi connectivity index (χ0v) is 8.93. The van der Waals surface area contributed by atoms with Crippen molar-refractivity contribution in [3.8, 4) is 0 Å². The molecule has 1 aliphatic rings. The molecule has 2 rings (SSSR count). The highest BCUT2D eigenvalue weighted by molar-refractivity contribution is 6.29. The molecule has 1 saturated carbocycles. The first-order chi connectivity index (χ1) is 6.65. The van der Waals surface area contributed by atoms with Crippen molar-refractivity contribution in [3.63, 3.8) is 0 Å². The van der Waals surface area contributed by atoms with E-state index in [9.17, 15) is 0 Å². The Labute approximate surface area is 88.7 Å². The standard InChI is InChI=1S/C10H14ClN3/c1-2-10(5-6-10)14-9-7(12)3-4-8(11)13-9/h3-4H,2,5-6,12H2,1H3,(H,13,14). The second-order valence-corrected chi connectivity index (χ2v) is 4.22. The number of aromatic nitrogens is 1. The Morgan fingerprint density at radius 1 is 1.57 bits per heavy atom. The molecule has 0 unspecified atom stereocenters. The van der Waals surface area contributed by atoms with Crippen LogP contribution in [-0.4, -0.2) is 10.5 Å². The summed E-state index contributed by atoms with van der Waals surface area (Å²) in [7, 11) is 0. The number of nitrogen functional groups attached to an aromatic ring is 1. The van der Waals surface area contributed by atoms with E-state index in [1.165, 1.54) is 12.8 Å². The molecule has 3 N–H and O–H groups in total. The van der Waals surface area contributed by atoms with Crippen LogP contribution in [0, 0.1) is 0 Å². The van der Waals surface area contributed by atoms with Crippen LogP contribution in [0.3, 0.4) is 0 Å². The maximum absolute atomic E-state index is 5.80. The number of hydrogen-bond acceptors (Lipinski definition) is 3. The first-order valence-corrected chi connectivity index (χ1v) is 5.23. The summed E-state index contributed by atoms with van der Waals surface area (Å²) in [6.07, 6.45) is 3.48. The molecular weight excluding hydrogens is 198 g/mol. The van der Waals surface area contributed by atoms with Gasteiger partial charge in [0.15, 0.2) is 5.82 Å². The Hall–Kier alpha value is -0.960. The van der Waals surface area contributed by atoms with Crippen LogP contribution < -0.4 is 11.1 Å².